The van der Waals surface area contributed by atoms with Gasteiger partial charge in [-0.15, -0.1) is 0 Å². The van der Waals surface area contributed by atoms with Gasteiger partial charge in [-0.05, 0) is 12.8 Å². The molecule has 1 N–H and O–H groups in total. The van der Waals surface area contributed by atoms with Crippen LogP contribution >= 0.6 is 0 Å². The Bertz CT molecular complexity index is 415. The summed E-state index contributed by atoms with van der Waals surface area (Å²) in [5, 5.41) is 13.7. The summed E-state index contributed by atoms with van der Waals surface area (Å²) < 4.78 is 1.75. The molecule has 7 nitrogen and oxygen atoms in total. The second-order valence-electron chi connectivity index (χ2n) is 5.51. The van der Waals surface area contributed by atoms with Gasteiger partial charge < -0.3 is 10.0 Å². The number of hydrogen-bond donors (Lipinski definition) is 1. The molecule has 21 heavy (non-hydrogen) atoms. The Hall–Kier alpha value is -1.47. The topological polar surface area (TPSA) is 74.5 Å². The summed E-state index contributed by atoms with van der Waals surface area (Å²) >= 11 is 0. The molecule has 1 aliphatic heterocycles. The molecule has 1 fully saturated rings. The van der Waals surface area contributed by atoms with Gasteiger partial charge in [-0.25, -0.2) is 4.98 Å². The van der Waals surface area contributed by atoms with Gasteiger partial charge in [-0.3, -0.25) is 14.4 Å². The number of carbonyl (C=O) groups excluding carboxylic acids is 1. The molecule has 1 aliphatic rings. The Morgan fingerprint density at radius 2 is 2.10 bits per heavy atom. The normalized spacial score (nSPS) is 17.9. The average Bonchev–Trinajstić information content (AvgIpc) is 3.01. The van der Waals surface area contributed by atoms with E-state index in [-0.39, 0.29) is 12.0 Å². The average molecular weight is 295 g/mol. The van der Waals surface area contributed by atoms with Crippen LogP contribution in [0.3, 0.4) is 0 Å². The minimum Gasteiger partial charge on any atom is -0.392 e. The highest BCUT2D eigenvalue weighted by molar-refractivity contribution is 5.76. The highest BCUT2D eigenvalue weighted by Crippen LogP contribution is 2.07. The van der Waals surface area contributed by atoms with E-state index < -0.39 is 0 Å². The third kappa shape index (κ3) is 5.09. The molecule has 1 aromatic rings. The zero-order valence-corrected chi connectivity index (χ0v) is 12.7. The summed E-state index contributed by atoms with van der Waals surface area (Å²) in [5.74, 6) is 0.214. The first-order valence-corrected chi connectivity index (χ1v) is 7.69. The Balaban J connectivity index is 1.63. The van der Waals surface area contributed by atoms with Crippen molar-refractivity contribution >= 4 is 5.91 Å². The van der Waals surface area contributed by atoms with Crippen LogP contribution < -0.4 is 0 Å². The molecule has 0 unspecified atom stereocenters. The van der Waals surface area contributed by atoms with Gasteiger partial charge in [0, 0.05) is 45.7 Å². The summed E-state index contributed by atoms with van der Waals surface area (Å²) in [4.78, 5) is 20.2. The van der Waals surface area contributed by atoms with Gasteiger partial charge in [-0.2, -0.15) is 5.10 Å². The van der Waals surface area contributed by atoms with Crippen LogP contribution in [0.1, 0.15) is 26.2 Å². The lowest BCUT2D eigenvalue weighted by molar-refractivity contribution is -0.133. The van der Waals surface area contributed by atoms with Crippen molar-refractivity contribution in [3.63, 3.8) is 0 Å². The number of amides is 1. The maximum Gasteiger partial charge on any atom is 0.222 e. The van der Waals surface area contributed by atoms with Gasteiger partial charge in [0.1, 0.15) is 12.7 Å². The summed E-state index contributed by atoms with van der Waals surface area (Å²) in [6.07, 6.45) is 5.04. The van der Waals surface area contributed by atoms with Crippen molar-refractivity contribution in [3.05, 3.63) is 12.7 Å². The number of piperazine rings is 1. The van der Waals surface area contributed by atoms with Crippen LogP contribution in [0.5, 0.6) is 0 Å². The molecule has 0 aromatic carbocycles. The van der Waals surface area contributed by atoms with E-state index in [0.717, 1.165) is 45.6 Å². The molecule has 7 heteroatoms. The number of aliphatic hydroxyl groups excluding tert-OH is 1. The lowest BCUT2D eigenvalue weighted by Crippen LogP contribution is -2.50. The number of aryl methyl sites for hydroxylation is 1. The quantitative estimate of drug-likeness (QED) is 0.765. The van der Waals surface area contributed by atoms with Crippen LogP contribution in [0.4, 0.5) is 0 Å². The first kappa shape index (κ1) is 15.9. The summed E-state index contributed by atoms with van der Waals surface area (Å²) in [7, 11) is 0. The lowest BCUT2D eigenvalue weighted by atomic mass is 10.2. The fourth-order valence-corrected chi connectivity index (χ4v) is 2.51. The molecule has 0 spiro atoms. The molecule has 118 valence electrons. The molecule has 1 aromatic heterocycles. The number of nitrogens with zero attached hydrogens (tertiary/aromatic N) is 5. The minimum atomic E-state index is -0.255. The smallest absolute Gasteiger partial charge is 0.222 e. The number of aromatic nitrogens is 3. The third-order valence-corrected chi connectivity index (χ3v) is 3.91. The van der Waals surface area contributed by atoms with Gasteiger partial charge in [0.2, 0.25) is 5.91 Å². The number of rotatable bonds is 7. The lowest BCUT2D eigenvalue weighted by Gasteiger charge is -2.35. The fraction of sp³-hybridized carbons (Fsp3) is 0.786. The van der Waals surface area contributed by atoms with E-state index in [0.29, 0.717) is 13.0 Å². The van der Waals surface area contributed by atoms with E-state index in [4.69, 9.17) is 0 Å². The van der Waals surface area contributed by atoms with E-state index in [1.165, 1.54) is 6.33 Å². The molecule has 1 atom stereocenters. The van der Waals surface area contributed by atoms with Crippen LogP contribution in [0, 0.1) is 0 Å². The molecule has 0 saturated carbocycles. The van der Waals surface area contributed by atoms with E-state index in [9.17, 15) is 9.90 Å². The van der Waals surface area contributed by atoms with E-state index >= 15 is 0 Å². The van der Waals surface area contributed by atoms with Crippen LogP contribution in [0.25, 0.3) is 0 Å². The molecule has 0 radical (unpaired) electrons. The van der Waals surface area contributed by atoms with Crippen LogP contribution in [-0.2, 0) is 11.3 Å². The van der Waals surface area contributed by atoms with E-state index in [1.54, 1.807) is 11.0 Å². The molecule has 1 amide bonds. The van der Waals surface area contributed by atoms with Gasteiger partial charge in [0.25, 0.3) is 0 Å². The SMILES string of the molecule is CC[C@@H](O)CN1CCN(C(=O)CCCn2cncn2)CC1. The predicted octanol–water partition coefficient (Wildman–Crippen LogP) is -0.0266. The maximum atomic E-state index is 12.1. The second kappa shape index (κ2) is 8.09. The van der Waals surface area contributed by atoms with Gasteiger partial charge in [-0.1, -0.05) is 6.92 Å². The number of carbonyl (C=O) groups is 1. The summed E-state index contributed by atoms with van der Waals surface area (Å²) in [6, 6.07) is 0. The zero-order valence-electron chi connectivity index (χ0n) is 12.7. The maximum absolute atomic E-state index is 12.1. The Morgan fingerprint density at radius 3 is 2.71 bits per heavy atom. The molecule has 1 saturated heterocycles. The van der Waals surface area contributed by atoms with Crippen molar-refractivity contribution in [1.82, 2.24) is 24.6 Å². The van der Waals surface area contributed by atoms with Gasteiger partial charge in [0.05, 0.1) is 6.10 Å². The zero-order chi connectivity index (χ0) is 15.1. The van der Waals surface area contributed by atoms with Crippen molar-refractivity contribution in [2.24, 2.45) is 0 Å². The molecule has 0 aliphatic carbocycles. The van der Waals surface area contributed by atoms with Crippen molar-refractivity contribution in [1.29, 1.82) is 0 Å². The van der Waals surface area contributed by atoms with Crippen LogP contribution in [0.2, 0.25) is 0 Å². The fourth-order valence-electron chi connectivity index (χ4n) is 2.51. The van der Waals surface area contributed by atoms with Crippen LogP contribution in [0.15, 0.2) is 12.7 Å². The second-order valence-corrected chi connectivity index (χ2v) is 5.51. The highest BCUT2D eigenvalue weighted by Gasteiger charge is 2.21. The Labute approximate surface area is 125 Å². The van der Waals surface area contributed by atoms with Crippen molar-refractivity contribution in [2.75, 3.05) is 32.7 Å². The van der Waals surface area contributed by atoms with E-state index in [2.05, 4.69) is 15.0 Å². The standard InChI is InChI=1S/C14H25N5O2/c1-2-13(20)10-17-6-8-18(9-7-17)14(21)4-3-5-19-12-15-11-16-19/h11-13,20H,2-10H2,1H3/t13-/m1/s1. The monoisotopic (exact) mass is 295 g/mol. The predicted molar refractivity (Wildman–Crippen MR) is 78.6 cm³/mol. The highest BCUT2D eigenvalue weighted by atomic mass is 16.3. The Morgan fingerprint density at radius 1 is 1.33 bits per heavy atom. The first-order valence-electron chi connectivity index (χ1n) is 7.69. The first-order chi connectivity index (χ1) is 10.2. The minimum absolute atomic E-state index is 0.214. The molecule has 0 bridgehead atoms. The van der Waals surface area contributed by atoms with Crippen molar-refractivity contribution < 1.29 is 9.90 Å². The number of aliphatic hydroxyl groups is 1. The number of hydrogen-bond acceptors (Lipinski definition) is 5. The summed E-state index contributed by atoms with van der Waals surface area (Å²) in [6.45, 7) is 6.66. The molecular formula is C14H25N5O2. The van der Waals surface area contributed by atoms with Crippen molar-refractivity contribution in [3.8, 4) is 0 Å². The summed E-state index contributed by atoms with van der Waals surface area (Å²) in [5.41, 5.74) is 0. The third-order valence-electron chi connectivity index (χ3n) is 3.91. The molecular weight excluding hydrogens is 270 g/mol. The van der Waals surface area contributed by atoms with Crippen LogP contribution in [-0.4, -0.2) is 74.4 Å². The van der Waals surface area contributed by atoms with Gasteiger partial charge >= 0.3 is 0 Å². The van der Waals surface area contributed by atoms with Gasteiger partial charge in [0.15, 0.2) is 0 Å². The largest absolute Gasteiger partial charge is 0.392 e. The number of β-amino-alcohol motifs (C(OH)–C–C–N with tert-alkyl or cyclic N) is 1. The van der Waals surface area contributed by atoms with E-state index in [1.807, 2.05) is 11.8 Å². The molecule has 2 heterocycles. The molecule has 2 rings (SSSR count). The van der Waals surface area contributed by atoms with Crippen molar-refractivity contribution in [2.45, 2.75) is 38.8 Å². The Kier molecular flexibility index (Phi) is 6.13.